The maximum absolute atomic E-state index is 14.7. The summed E-state index contributed by atoms with van der Waals surface area (Å²) < 4.78 is 43.3. The monoisotopic (exact) mass is 403 g/mol. The van der Waals surface area contributed by atoms with Crippen LogP contribution in [0.25, 0.3) is 0 Å². The highest BCUT2D eigenvalue weighted by Crippen LogP contribution is 2.68. The summed E-state index contributed by atoms with van der Waals surface area (Å²) in [5, 5.41) is 12.0. The first-order chi connectivity index (χ1) is 12.0. The van der Waals surface area contributed by atoms with Crippen LogP contribution in [0, 0.1) is 17.3 Å². The summed E-state index contributed by atoms with van der Waals surface area (Å²) in [6.07, 6.45) is 1.51. The molecule has 1 aliphatic rings. The molecular formula is C17H14Cl2F3N3O. The van der Waals surface area contributed by atoms with E-state index in [1.54, 1.807) is 24.3 Å². The molecule has 1 saturated carbocycles. The Labute approximate surface area is 157 Å². The van der Waals surface area contributed by atoms with Crippen molar-refractivity contribution in [2.45, 2.75) is 36.5 Å². The van der Waals surface area contributed by atoms with Crippen LogP contribution < -0.4 is 0 Å². The van der Waals surface area contributed by atoms with Crippen LogP contribution in [0.3, 0.4) is 0 Å². The standard InChI is InChI=1S/C17H14Cl2F3N3O/c1-14(8-16(20,21)17(14,19)22)15(26,9-25-11-23-10-24-25)7-6-12-2-4-13(18)5-3-12/h2-5,10-11,26H,8-9H2,1H3. The predicted octanol–water partition coefficient (Wildman–Crippen LogP) is 3.66. The second kappa shape index (κ2) is 6.15. The number of aromatic nitrogens is 3. The summed E-state index contributed by atoms with van der Waals surface area (Å²) >= 11 is 11.3. The molecule has 2 aromatic rings. The van der Waals surface area contributed by atoms with Gasteiger partial charge in [0.05, 0.1) is 12.0 Å². The Balaban J connectivity index is 2.02. The Hall–Kier alpha value is -1.75. The van der Waals surface area contributed by atoms with Gasteiger partial charge in [0.25, 0.3) is 11.1 Å². The number of alkyl halides is 4. The van der Waals surface area contributed by atoms with Crippen molar-refractivity contribution in [2.75, 3.05) is 0 Å². The highest BCUT2D eigenvalue weighted by Gasteiger charge is 2.81. The van der Waals surface area contributed by atoms with Crippen molar-refractivity contribution in [3.05, 3.63) is 47.5 Å². The van der Waals surface area contributed by atoms with Crippen molar-refractivity contribution >= 4 is 23.2 Å². The molecular weight excluding hydrogens is 390 g/mol. The number of hydrogen-bond acceptors (Lipinski definition) is 3. The molecule has 0 amide bonds. The van der Waals surface area contributed by atoms with E-state index in [2.05, 4.69) is 21.9 Å². The van der Waals surface area contributed by atoms with Crippen LogP contribution in [0.4, 0.5) is 13.2 Å². The minimum atomic E-state index is -3.78. The lowest BCUT2D eigenvalue weighted by molar-refractivity contribution is -0.295. The molecule has 26 heavy (non-hydrogen) atoms. The summed E-state index contributed by atoms with van der Waals surface area (Å²) in [4.78, 5) is 3.73. The lowest BCUT2D eigenvalue weighted by atomic mass is 9.56. The normalized spacial score (nSPS) is 29.2. The van der Waals surface area contributed by atoms with E-state index >= 15 is 0 Å². The zero-order valence-electron chi connectivity index (χ0n) is 13.6. The van der Waals surface area contributed by atoms with E-state index in [0.29, 0.717) is 10.6 Å². The summed E-state index contributed by atoms with van der Waals surface area (Å²) in [7, 11) is 0. The highest BCUT2D eigenvalue weighted by molar-refractivity contribution is 6.30. The molecule has 1 heterocycles. The quantitative estimate of drug-likeness (QED) is 0.628. The van der Waals surface area contributed by atoms with Crippen molar-refractivity contribution in [1.29, 1.82) is 0 Å². The number of halogens is 5. The molecule has 3 rings (SSSR count). The van der Waals surface area contributed by atoms with Gasteiger partial charge in [-0.15, -0.1) is 0 Å². The van der Waals surface area contributed by atoms with Gasteiger partial charge in [0.2, 0.25) is 0 Å². The zero-order chi connectivity index (χ0) is 19.2. The third-order valence-corrected chi connectivity index (χ3v) is 5.70. The van der Waals surface area contributed by atoms with E-state index in [9.17, 15) is 18.3 Å². The van der Waals surface area contributed by atoms with Gasteiger partial charge in [-0.05, 0) is 24.3 Å². The lowest BCUT2D eigenvalue weighted by Crippen LogP contribution is -2.73. The molecule has 0 saturated heterocycles. The van der Waals surface area contributed by atoms with Crippen LogP contribution in [-0.2, 0) is 6.54 Å². The van der Waals surface area contributed by atoms with Crippen molar-refractivity contribution < 1.29 is 18.3 Å². The number of hydrogen-bond donors (Lipinski definition) is 1. The smallest absolute Gasteiger partial charge is 0.296 e. The molecule has 0 radical (unpaired) electrons. The molecule has 3 atom stereocenters. The van der Waals surface area contributed by atoms with Gasteiger partial charge in [-0.2, -0.15) is 5.10 Å². The van der Waals surface area contributed by atoms with E-state index in [4.69, 9.17) is 23.2 Å². The fourth-order valence-electron chi connectivity index (χ4n) is 2.98. The third kappa shape index (κ3) is 2.86. The van der Waals surface area contributed by atoms with E-state index in [1.165, 1.54) is 17.3 Å². The fourth-order valence-corrected chi connectivity index (χ4v) is 3.39. The minimum Gasteiger partial charge on any atom is -0.375 e. The van der Waals surface area contributed by atoms with Crippen molar-refractivity contribution in [3.63, 3.8) is 0 Å². The SMILES string of the molecule is CC1(C(O)(C#Cc2ccc(Cl)cc2)Cn2cncn2)CC(F)(F)C1(F)Cl. The summed E-state index contributed by atoms with van der Waals surface area (Å²) in [6.45, 7) is 0.767. The Morgan fingerprint density at radius 2 is 1.96 bits per heavy atom. The maximum atomic E-state index is 14.7. The highest BCUT2D eigenvalue weighted by atomic mass is 35.5. The lowest BCUT2D eigenvalue weighted by Gasteiger charge is -2.58. The molecule has 1 aromatic carbocycles. The topological polar surface area (TPSA) is 50.9 Å². The predicted molar refractivity (Wildman–Crippen MR) is 90.7 cm³/mol. The number of rotatable bonds is 3. The minimum absolute atomic E-state index is 0.376. The molecule has 1 aromatic heterocycles. The van der Waals surface area contributed by atoms with E-state index in [-0.39, 0.29) is 6.54 Å². The molecule has 1 N–H and O–H groups in total. The van der Waals surface area contributed by atoms with Crippen LogP contribution in [0.15, 0.2) is 36.9 Å². The van der Waals surface area contributed by atoms with Gasteiger partial charge in [0, 0.05) is 17.0 Å². The van der Waals surface area contributed by atoms with E-state index < -0.39 is 28.5 Å². The van der Waals surface area contributed by atoms with Gasteiger partial charge in [-0.3, -0.25) is 0 Å². The molecule has 138 valence electrons. The average molecular weight is 404 g/mol. The van der Waals surface area contributed by atoms with E-state index in [1.807, 2.05) is 0 Å². The van der Waals surface area contributed by atoms with Crippen LogP contribution in [-0.4, -0.2) is 36.5 Å². The van der Waals surface area contributed by atoms with E-state index in [0.717, 1.165) is 6.92 Å². The van der Waals surface area contributed by atoms with Gasteiger partial charge in [-0.1, -0.05) is 42.0 Å². The van der Waals surface area contributed by atoms with Crippen LogP contribution >= 0.6 is 23.2 Å². The average Bonchev–Trinajstić information content (AvgIpc) is 3.06. The maximum Gasteiger partial charge on any atom is 0.296 e. The molecule has 0 bridgehead atoms. The van der Waals surface area contributed by atoms with Gasteiger partial charge < -0.3 is 5.11 Å². The van der Waals surface area contributed by atoms with Gasteiger partial charge in [0.1, 0.15) is 12.7 Å². The third-order valence-electron chi connectivity index (χ3n) is 4.76. The Morgan fingerprint density at radius 3 is 2.46 bits per heavy atom. The fraction of sp³-hybridized carbons (Fsp3) is 0.412. The first-order valence-corrected chi connectivity index (χ1v) is 8.36. The molecule has 1 aliphatic carbocycles. The van der Waals surface area contributed by atoms with Crippen molar-refractivity contribution in [1.82, 2.24) is 14.8 Å². The first-order valence-electron chi connectivity index (χ1n) is 7.60. The number of benzene rings is 1. The van der Waals surface area contributed by atoms with Crippen molar-refractivity contribution in [3.8, 4) is 11.8 Å². The Morgan fingerprint density at radius 1 is 1.31 bits per heavy atom. The van der Waals surface area contributed by atoms with Crippen molar-refractivity contribution in [2.24, 2.45) is 5.41 Å². The molecule has 3 unspecified atom stereocenters. The number of aliphatic hydroxyl groups is 1. The zero-order valence-corrected chi connectivity index (χ0v) is 15.1. The molecule has 1 fully saturated rings. The molecule has 9 heteroatoms. The summed E-state index contributed by atoms with van der Waals surface area (Å²) in [5.74, 6) is 1.42. The molecule has 0 spiro atoms. The largest absolute Gasteiger partial charge is 0.375 e. The second-order valence-corrected chi connectivity index (χ2v) is 7.46. The van der Waals surface area contributed by atoms with Crippen LogP contribution in [0.5, 0.6) is 0 Å². The second-order valence-electron chi connectivity index (χ2n) is 6.50. The number of nitrogens with zero attached hydrogens (tertiary/aromatic N) is 3. The van der Waals surface area contributed by atoms with Gasteiger partial charge >= 0.3 is 0 Å². The first kappa shape index (κ1) is 19.0. The Bertz CT molecular complexity index is 862. The van der Waals surface area contributed by atoms with Gasteiger partial charge in [0.15, 0.2) is 5.60 Å². The van der Waals surface area contributed by atoms with Crippen LogP contribution in [0.2, 0.25) is 5.02 Å². The molecule has 0 aliphatic heterocycles. The van der Waals surface area contributed by atoms with Crippen LogP contribution in [0.1, 0.15) is 18.9 Å². The summed E-state index contributed by atoms with van der Waals surface area (Å²) in [6, 6.07) is 6.35. The Kier molecular flexibility index (Phi) is 4.50. The molecule has 4 nitrogen and oxygen atoms in total. The summed E-state index contributed by atoms with van der Waals surface area (Å²) in [5.41, 5.74) is -3.78. The van der Waals surface area contributed by atoms with Gasteiger partial charge in [-0.25, -0.2) is 22.8 Å².